The highest BCUT2D eigenvalue weighted by atomic mass is 15.2. The molecule has 0 saturated carbocycles. The van der Waals surface area contributed by atoms with Crippen LogP contribution in [0.2, 0.25) is 0 Å². The Balaban J connectivity index is 3.07. The minimum Gasteiger partial charge on any atom is -0.164 e. The van der Waals surface area contributed by atoms with Gasteiger partial charge in [-0.3, -0.25) is 0 Å². The quantitative estimate of drug-likeness (QED) is 0.335. The fraction of sp³-hybridized carbons (Fsp3) is 0.500. The number of nitrogens with zero attached hydrogens (tertiary/aromatic N) is 2. The fourth-order valence-corrected chi connectivity index (χ4v) is 0.133. The third-order valence-corrected chi connectivity index (χ3v) is 0.298. The molecule has 0 radical (unpaired) electrons. The van der Waals surface area contributed by atoms with E-state index in [0.29, 0.717) is 0 Å². The molecule has 0 aliphatic heterocycles. The molecule has 0 atom stereocenters. The van der Waals surface area contributed by atoms with Gasteiger partial charge in [-0.15, -0.1) is 0 Å². The molecule has 0 amide bonds. The van der Waals surface area contributed by atoms with Crippen LogP contribution in [0.1, 0.15) is 13.8 Å². The Labute approximate surface area is 37.6 Å². The molecule has 6 heavy (non-hydrogen) atoms. The van der Waals surface area contributed by atoms with Crippen LogP contribution in [0.5, 0.6) is 0 Å². The van der Waals surface area contributed by atoms with Crippen LogP contribution in [0.15, 0.2) is 10.2 Å². The molecule has 0 rings (SSSR count). The van der Waals surface area contributed by atoms with Crippen molar-refractivity contribution in [3.63, 3.8) is 0 Å². The molecule has 0 heterocycles. The number of hydrogen-bond donors (Lipinski definition) is 0. The Kier molecular flexibility index (Phi) is 3.86. The molecule has 0 spiro atoms. The summed E-state index contributed by atoms with van der Waals surface area (Å²) in [7, 11) is 0. The van der Waals surface area contributed by atoms with Crippen LogP contribution in [-0.4, -0.2) is 12.4 Å². The predicted octanol–water partition coefficient (Wildman–Crippen LogP) is 1.08. The van der Waals surface area contributed by atoms with Crippen LogP contribution < -0.4 is 0 Å². The highest BCUT2D eigenvalue weighted by Gasteiger charge is 1.48. The van der Waals surface area contributed by atoms with E-state index in [1.807, 2.05) is 13.8 Å². The predicted molar refractivity (Wildman–Crippen MR) is 28.3 cm³/mol. The van der Waals surface area contributed by atoms with Gasteiger partial charge in [-0.2, -0.15) is 10.2 Å². The van der Waals surface area contributed by atoms with Crippen molar-refractivity contribution in [3.05, 3.63) is 0 Å². The van der Waals surface area contributed by atoms with Crippen molar-refractivity contribution in [3.8, 4) is 0 Å². The van der Waals surface area contributed by atoms with Crippen molar-refractivity contribution in [2.24, 2.45) is 10.2 Å². The van der Waals surface area contributed by atoms with Crippen molar-refractivity contribution in [1.82, 2.24) is 0 Å². The molecule has 0 N–H and O–H groups in total. The first-order chi connectivity index (χ1) is 2.91. The van der Waals surface area contributed by atoms with Crippen LogP contribution >= 0.6 is 0 Å². The zero-order chi connectivity index (χ0) is 4.83. The first-order valence-corrected chi connectivity index (χ1v) is 1.87. The van der Waals surface area contributed by atoms with Crippen LogP contribution in [0.3, 0.4) is 0 Å². The topological polar surface area (TPSA) is 24.7 Å². The zero-order valence-corrected chi connectivity index (χ0v) is 4.05. The summed E-state index contributed by atoms with van der Waals surface area (Å²) in [4.78, 5) is 0. The molecule has 2 nitrogen and oxygen atoms in total. The maximum absolute atomic E-state index is 3.53. The first-order valence-electron chi connectivity index (χ1n) is 1.87. The summed E-state index contributed by atoms with van der Waals surface area (Å²) < 4.78 is 0. The van der Waals surface area contributed by atoms with Crippen LogP contribution in [0.4, 0.5) is 0 Å². The van der Waals surface area contributed by atoms with E-state index >= 15 is 0 Å². The normalized spacial score (nSPS) is 11.7. The minimum atomic E-state index is 1.64. The van der Waals surface area contributed by atoms with Gasteiger partial charge in [0.25, 0.3) is 0 Å². The molecule has 0 aromatic heterocycles. The van der Waals surface area contributed by atoms with Crippen LogP contribution in [0.25, 0.3) is 0 Å². The van der Waals surface area contributed by atoms with Crippen LogP contribution in [-0.2, 0) is 0 Å². The second-order valence-corrected chi connectivity index (χ2v) is 0.747. The lowest BCUT2D eigenvalue weighted by Crippen LogP contribution is -1.55. The van der Waals surface area contributed by atoms with E-state index in [1.165, 1.54) is 0 Å². The maximum Gasteiger partial charge on any atom is 0.0239 e. The van der Waals surface area contributed by atoms with Gasteiger partial charge in [0.1, 0.15) is 0 Å². The molecule has 0 aliphatic rings. The van der Waals surface area contributed by atoms with E-state index in [2.05, 4.69) is 10.2 Å². The van der Waals surface area contributed by atoms with Gasteiger partial charge < -0.3 is 0 Å². The molecule has 0 aliphatic carbocycles. The molecule has 0 fully saturated rings. The van der Waals surface area contributed by atoms with Crippen LogP contribution in [0, 0.1) is 0 Å². The van der Waals surface area contributed by atoms with Crippen molar-refractivity contribution in [2.45, 2.75) is 13.8 Å². The fourth-order valence-electron chi connectivity index (χ4n) is 0.133. The Hall–Kier alpha value is -0.660. The van der Waals surface area contributed by atoms with Crippen molar-refractivity contribution in [1.29, 1.82) is 0 Å². The molecule has 2 heteroatoms. The summed E-state index contributed by atoms with van der Waals surface area (Å²) >= 11 is 0. The van der Waals surface area contributed by atoms with Gasteiger partial charge in [0.15, 0.2) is 0 Å². The molecule has 34 valence electrons. The average molecular weight is 84.1 g/mol. The van der Waals surface area contributed by atoms with Gasteiger partial charge in [-0.1, -0.05) is 0 Å². The summed E-state index contributed by atoms with van der Waals surface area (Å²) in [6.45, 7) is 3.65. The summed E-state index contributed by atoms with van der Waals surface area (Å²) in [6.07, 6.45) is 3.28. The lowest BCUT2D eigenvalue weighted by Gasteiger charge is -1.64. The van der Waals surface area contributed by atoms with Gasteiger partial charge in [0, 0.05) is 12.4 Å². The molecule has 0 aromatic rings. The SMILES string of the molecule is CC=NN=CC. The van der Waals surface area contributed by atoms with Crippen molar-refractivity contribution in [2.75, 3.05) is 0 Å². The maximum atomic E-state index is 3.53. The largest absolute Gasteiger partial charge is 0.164 e. The molecular formula is C4H8N2. The second-order valence-electron chi connectivity index (χ2n) is 0.747. The van der Waals surface area contributed by atoms with E-state index in [-0.39, 0.29) is 0 Å². The standard InChI is InChI=1S/C4H8N2/c1-3-5-6-4-2/h3-4H,1-2H3. The van der Waals surface area contributed by atoms with Gasteiger partial charge in [0.05, 0.1) is 0 Å². The smallest absolute Gasteiger partial charge is 0.0239 e. The first kappa shape index (κ1) is 5.34. The second kappa shape index (κ2) is 4.34. The van der Waals surface area contributed by atoms with E-state index in [0.717, 1.165) is 0 Å². The van der Waals surface area contributed by atoms with Gasteiger partial charge in [-0.05, 0) is 13.8 Å². The van der Waals surface area contributed by atoms with E-state index in [9.17, 15) is 0 Å². The summed E-state index contributed by atoms with van der Waals surface area (Å²) in [6, 6.07) is 0. The molecule has 0 bridgehead atoms. The number of rotatable bonds is 1. The monoisotopic (exact) mass is 84.1 g/mol. The Morgan fingerprint density at radius 1 is 1.00 bits per heavy atom. The summed E-state index contributed by atoms with van der Waals surface area (Å²) in [5, 5.41) is 7.07. The average Bonchev–Trinajstić information content (AvgIpc) is 1.61. The van der Waals surface area contributed by atoms with E-state index < -0.39 is 0 Å². The van der Waals surface area contributed by atoms with Gasteiger partial charge in [-0.25, -0.2) is 0 Å². The zero-order valence-electron chi connectivity index (χ0n) is 4.05. The Bertz CT molecular complexity index is 53.9. The third-order valence-electron chi connectivity index (χ3n) is 0.298. The van der Waals surface area contributed by atoms with E-state index in [4.69, 9.17) is 0 Å². The van der Waals surface area contributed by atoms with Crippen molar-refractivity contribution >= 4 is 12.4 Å². The molecule has 0 unspecified atom stereocenters. The van der Waals surface area contributed by atoms with E-state index in [1.54, 1.807) is 12.4 Å². The van der Waals surface area contributed by atoms with Gasteiger partial charge >= 0.3 is 0 Å². The third kappa shape index (κ3) is 3.34. The van der Waals surface area contributed by atoms with Crippen molar-refractivity contribution < 1.29 is 0 Å². The summed E-state index contributed by atoms with van der Waals surface area (Å²) in [5.74, 6) is 0. The Morgan fingerprint density at radius 2 is 1.33 bits per heavy atom. The summed E-state index contributed by atoms with van der Waals surface area (Å²) in [5.41, 5.74) is 0. The minimum absolute atomic E-state index is 1.64. The highest BCUT2D eigenvalue weighted by Crippen LogP contribution is 1.60. The lowest BCUT2D eigenvalue weighted by molar-refractivity contribution is 1.26. The molecule has 0 aromatic carbocycles. The Morgan fingerprint density at radius 3 is 1.50 bits per heavy atom. The molecular weight excluding hydrogens is 76.1 g/mol. The van der Waals surface area contributed by atoms with Gasteiger partial charge in [0.2, 0.25) is 0 Å². The highest BCUT2D eigenvalue weighted by molar-refractivity contribution is 5.57. The lowest BCUT2D eigenvalue weighted by atomic mass is 10.9. The number of hydrogen-bond acceptors (Lipinski definition) is 2. The molecule has 0 saturated heterocycles.